The molecule has 18 heavy (non-hydrogen) atoms. The number of hydrogen-bond donors (Lipinski definition) is 1. The van der Waals surface area contributed by atoms with E-state index in [1.165, 1.54) is 11.1 Å². The van der Waals surface area contributed by atoms with E-state index in [9.17, 15) is 4.79 Å². The van der Waals surface area contributed by atoms with Crippen molar-refractivity contribution in [2.45, 2.75) is 59.9 Å². The van der Waals surface area contributed by atoms with Gasteiger partial charge in [0.25, 0.3) is 5.91 Å². The summed E-state index contributed by atoms with van der Waals surface area (Å²) in [6.07, 6.45) is 0. The molecule has 1 aromatic carbocycles. The smallest absolute Gasteiger partial charge is 0.251 e. The van der Waals surface area contributed by atoms with E-state index >= 15 is 0 Å². The second-order valence-electron chi connectivity index (χ2n) is 6.36. The summed E-state index contributed by atoms with van der Waals surface area (Å²) in [5, 5.41) is 2.96. The normalized spacial score (nSPS) is 11.8. The lowest BCUT2D eigenvalue weighted by Gasteiger charge is -2.23. The predicted octanol–water partition coefficient (Wildman–Crippen LogP) is 3.74. The highest BCUT2D eigenvalue weighted by Crippen LogP contribution is 2.28. The zero-order chi connectivity index (χ0) is 14.1. The first-order valence-electron chi connectivity index (χ1n) is 6.55. The summed E-state index contributed by atoms with van der Waals surface area (Å²) >= 11 is 0. The number of nitrogens with one attached hydrogen (secondary N) is 1. The molecule has 1 amide bonds. The molecule has 0 saturated heterocycles. The van der Waals surface area contributed by atoms with Crippen molar-refractivity contribution in [3.05, 3.63) is 34.4 Å². The number of carbonyl (C=O) groups is 1. The number of amides is 1. The number of hydrogen-bond acceptors (Lipinski definition) is 1. The van der Waals surface area contributed by atoms with Crippen LogP contribution in [0, 0.1) is 13.8 Å². The van der Waals surface area contributed by atoms with E-state index in [0.717, 1.165) is 11.1 Å². The van der Waals surface area contributed by atoms with Gasteiger partial charge in [0.15, 0.2) is 0 Å². The Bertz CT molecular complexity index is 453. The van der Waals surface area contributed by atoms with Crippen LogP contribution in [-0.2, 0) is 5.41 Å². The largest absolute Gasteiger partial charge is 0.350 e. The summed E-state index contributed by atoms with van der Waals surface area (Å²) in [6.45, 7) is 14.6. The minimum absolute atomic E-state index is 0.0213. The third-order valence-corrected chi connectivity index (χ3v) is 3.04. The van der Waals surface area contributed by atoms with Gasteiger partial charge in [-0.05, 0) is 55.9 Å². The SMILES string of the molecule is Cc1cc(C)c(C(C)(C)C)cc1C(=O)NC(C)C. The minimum Gasteiger partial charge on any atom is -0.350 e. The zero-order valence-electron chi connectivity index (χ0n) is 12.6. The van der Waals surface area contributed by atoms with Gasteiger partial charge in [-0.3, -0.25) is 4.79 Å². The van der Waals surface area contributed by atoms with Gasteiger partial charge in [0.2, 0.25) is 0 Å². The van der Waals surface area contributed by atoms with Gasteiger partial charge < -0.3 is 5.32 Å². The van der Waals surface area contributed by atoms with Crippen LogP contribution < -0.4 is 5.32 Å². The molecule has 1 rings (SSSR count). The number of aryl methyl sites for hydroxylation is 2. The number of benzene rings is 1. The maximum Gasteiger partial charge on any atom is 0.251 e. The van der Waals surface area contributed by atoms with Gasteiger partial charge >= 0.3 is 0 Å². The molecular weight excluding hydrogens is 222 g/mol. The van der Waals surface area contributed by atoms with Gasteiger partial charge in [0.1, 0.15) is 0 Å². The lowest BCUT2D eigenvalue weighted by atomic mass is 9.82. The van der Waals surface area contributed by atoms with Crippen molar-refractivity contribution in [1.82, 2.24) is 5.32 Å². The van der Waals surface area contributed by atoms with Crippen LogP contribution in [0.25, 0.3) is 0 Å². The molecule has 0 aliphatic carbocycles. The molecule has 0 aromatic heterocycles. The Morgan fingerprint density at radius 3 is 2.11 bits per heavy atom. The third-order valence-electron chi connectivity index (χ3n) is 3.04. The van der Waals surface area contributed by atoms with Crippen LogP contribution in [-0.4, -0.2) is 11.9 Å². The van der Waals surface area contributed by atoms with E-state index in [1.54, 1.807) is 0 Å². The van der Waals surface area contributed by atoms with Gasteiger partial charge in [-0.25, -0.2) is 0 Å². The van der Waals surface area contributed by atoms with Crippen molar-refractivity contribution >= 4 is 5.91 Å². The first-order valence-corrected chi connectivity index (χ1v) is 6.55. The molecule has 0 aliphatic rings. The summed E-state index contributed by atoms with van der Waals surface area (Å²) in [5.41, 5.74) is 4.38. The molecule has 0 atom stereocenters. The predicted molar refractivity (Wildman–Crippen MR) is 77.2 cm³/mol. The molecule has 0 aliphatic heterocycles. The lowest BCUT2D eigenvalue weighted by Crippen LogP contribution is -2.31. The molecule has 0 saturated carbocycles. The molecule has 2 nitrogen and oxygen atoms in total. The van der Waals surface area contributed by atoms with Gasteiger partial charge in [0.05, 0.1) is 0 Å². The van der Waals surface area contributed by atoms with E-state index in [-0.39, 0.29) is 17.4 Å². The number of carbonyl (C=O) groups excluding carboxylic acids is 1. The molecule has 100 valence electrons. The molecular formula is C16H25NO. The monoisotopic (exact) mass is 247 g/mol. The average molecular weight is 247 g/mol. The summed E-state index contributed by atoms with van der Waals surface area (Å²) < 4.78 is 0. The Labute approximate surface area is 111 Å². The Hall–Kier alpha value is -1.31. The van der Waals surface area contributed by atoms with Crippen molar-refractivity contribution in [3.8, 4) is 0 Å². The van der Waals surface area contributed by atoms with Crippen LogP contribution in [0.2, 0.25) is 0 Å². The van der Waals surface area contributed by atoms with E-state index in [2.05, 4.69) is 39.1 Å². The van der Waals surface area contributed by atoms with Gasteiger partial charge in [-0.15, -0.1) is 0 Å². The average Bonchev–Trinajstić information content (AvgIpc) is 2.13. The van der Waals surface area contributed by atoms with Crippen LogP contribution in [0.15, 0.2) is 12.1 Å². The van der Waals surface area contributed by atoms with Gasteiger partial charge in [-0.2, -0.15) is 0 Å². The molecule has 2 heteroatoms. The maximum absolute atomic E-state index is 12.2. The molecule has 0 unspecified atom stereocenters. The van der Waals surface area contributed by atoms with Crippen molar-refractivity contribution in [2.75, 3.05) is 0 Å². The fourth-order valence-corrected chi connectivity index (χ4v) is 2.24. The number of rotatable bonds is 2. The zero-order valence-corrected chi connectivity index (χ0v) is 12.6. The standard InChI is InChI=1S/C16H25NO/c1-10(2)17-15(18)13-9-14(16(5,6)7)12(4)8-11(13)3/h8-10H,1-7H3,(H,17,18). The van der Waals surface area contributed by atoms with E-state index in [1.807, 2.05) is 26.8 Å². The summed E-state index contributed by atoms with van der Waals surface area (Å²) in [6, 6.07) is 4.31. The fourth-order valence-electron chi connectivity index (χ4n) is 2.24. The van der Waals surface area contributed by atoms with Crippen LogP contribution in [0.5, 0.6) is 0 Å². The van der Waals surface area contributed by atoms with Crippen LogP contribution in [0.1, 0.15) is 61.7 Å². The van der Waals surface area contributed by atoms with Gasteiger partial charge in [-0.1, -0.05) is 26.8 Å². The highest BCUT2D eigenvalue weighted by Gasteiger charge is 2.20. The lowest BCUT2D eigenvalue weighted by molar-refractivity contribution is 0.0942. The van der Waals surface area contributed by atoms with Crippen LogP contribution in [0.3, 0.4) is 0 Å². The fraction of sp³-hybridized carbons (Fsp3) is 0.562. The molecule has 0 radical (unpaired) electrons. The van der Waals surface area contributed by atoms with Crippen molar-refractivity contribution < 1.29 is 4.79 Å². The third kappa shape index (κ3) is 3.34. The Morgan fingerprint density at radius 1 is 1.11 bits per heavy atom. The summed E-state index contributed by atoms with van der Waals surface area (Å²) in [4.78, 5) is 12.2. The second kappa shape index (κ2) is 5.13. The molecule has 0 heterocycles. The summed E-state index contributed by atoms with van der Waals surface area (Å²) in [7, 11) is 0. The van der Waals surface area contributed by atoms with E-state index < -0.39 is 0 Å². The molecule has 0 fully saturated rings. The van der Waals surface area contributed by atoms with Crippen molar-refractivity contribution in [2.24, 2.45) is 0 Å². The Morgan fingerprint density at radius 2 is 1.67 bits per heavy atom. The topological polar surface area (TPSA) is 29.1 Å². The Balaban J connectivity index is 3.25. The second-order valence-corrected chi connectivity index (χ2v) is 6.36. The van der Waals surface area contributed by atoms with Crippen LogP contribution >= 0.6 is 0 Å². The van der Waals surface area contributed by atoms with Crippen LogP contribution in [0.4, 0.5) is 0 Å². The molecule has 0 spiro atoms. The minimum atomic E-state index is 0.0213. The maximum atomic E-state index is 12.2. The highest BCUT2D eigenvalue weighted by molar-refractivity contribution is 5.96. The van der Waals surface area contributed by atoms with E-state index in [4.69, 9.17) is 0 Å². The molecule has 1 aromatic rings. The van der Waals surface area contributed by atoms with Gasteiger partial charge in [0, 0.05) is 11.6 Å². The summed E-state index contributed by atoms with van der Waals surface area (Å²) in [5.74, 6) is 0.0213. The molecule has 1 N–H and O–H groups in total. The van der Waals surface area contributed by atoms with E-state index in [0.29, 0.717) is 0 Å². The first-order chi connectivity index (χ1) is 8.12. The van der Waals surface area contributed by atoms with Crippen molar-refractivity contribution in [1.29, 1.82) is 0 Å². The first kappa shape index (κ1) is 14.7. The highest BCUT2D eigenvalue weighted by atomic mass is 16.1. The van der Waals surface area contributed by atoms with Crippen molar-refractivity contribution in [3.63, 3.8) is 0 Å². The Kier molecular flexibility index (Phi) is 4.20. The molecule has 0 bridgehead atoms. The quantitative estimate of drug-likeness (QED) is 0.847.